The lowest BCUT2D eigenvalue weighted by molar-refractivity contribution is -0.159. The van der Waals surface area contributed by atoms with Crippen molar-refractivity contribution in [1.29, 1.82) is 0 Å². The molecule has 0 aromatic rings. The molecule has 0 amide bonds. The van der Waals surface area contributed by atoms with Crippen molar-refractivity contribution >= 4 is 5.97 Å². The fourth-order valence-electron chi connectivity index (χ4n) is 1.01. The van der Waals surface area contributed by atoms with E-state index in [4.69, 9.17) is 4.74 Å². The number of carbonyl (C=O) groups excluding carboxylic acids is 1. The van der Waals surface area contributed by atoms with Crippen LogP contribution in [0.3, 0.4) is 0 Å². The van der Waals surface area contributed by atoms with Crippen LogP contribution in [0.4, 0.5) is 0 Å². The minimum atomic E-state index is -0.379. The third-order valence-corrected chi connectivity index (χ3v) is 1.98. The Morgan fingerprint density at radius 3 is 2.25 bits per heavy atom. The van der Waals surface area contributed by atoms with Gasteiger partial charge in [0.25, 0.3) is 0 Å². The van der Waals surface area contributed by atoms with Gasteiger partial charge in [-0.2, -0.15) is 0 Å². The number of hydrogen-bond donors (Lipinski definition) is 0. The van der Waals surface area contributed by atoms with Crippen molar-refractivity contribution in [2.45, 2.75) is 39.2 Å². The Balaban J connectivity index is 2.55. The van der Waals surface area contributed by atoms with Crippen LogP contribution in [0.2, 0.25) is 0 Å². The third-order valence-electron chi connectivity index (χ3n) is 1.98. The van der Waals surface area contributed by atoms with E-state index in [0.717, 1.165) is 12.8 Å². The molecule has 0 unspecified atom stereocenters. The molecule has 1 aliphatic carbocycles. The summed E-state index contributed by atoms with van der Waals surface area (Å²) in [5.74, 6) is -0.120. The van der Waals surface area contributed by atoms with Gasteiger partial charge in [0, 0.05) is 0 Å². The second kappa shape index (κ2) is 2.61. The SMILES string of the molecule is C=CC1(C(=O)OC(C)(C)C)CC1. The second-order valence-corrected chi connectivity index (χ2v) is 4.36. The zero-order chi connectivity index (χ0) is 9.41. The Morgan fingerprint density at radius 1 is 1.50 bits per heavy atom. The van der Waals surface area contributed by atoms with Crippen molar-refractivity contribution in [3.63, 3.8) is 0 Å². The highest BCUT2D eigenvalue weighted by Gasteiger charge is 2.49. The first-order valence-electron chi connectivity index (χ1n) is 4.27. The minimum absolute atomic E-state index is 0.120. The maximum Gasteiger partial charge on any atom is 0.316 e. The van der Waals surface area contributed by atoms with Crippen LogP contribution in [0.15, 0.2) is 12.7 Å². The van der Waals surface area contributed by atoms with Gasteiger partial charge in [0.05, 0.1) is 5.41 Å². The largest absolute Gasteiger partial charge is 0.459 e. The molecule has 1 rings (SSSR count). The van der Waals surface area contributed by atoms with Crippen molar-refractivity contribution in [2.24, 2.45) is 5.41 Å². The predicted octanol–water partition coefficient (Wildman–Crippen LogP) is 2.29. The van der Waals surface area contributed by atoms with Gasteiger partial charge < -0.3 is 4.74 Å². The van der Waals surface area contributed by atoms with Crippen LogP contribution in [0, 0.1) is 5.41 Å². The maximum atomic E-state index is 11.5. The van der Waals surface area contributed by atoms with E-state index in [1.807, 2.05) is 20.8 Å². The molecule has 0 spiro atoms. The molecule has 0 aliphatic heterocycles. The Labute approximate surface area is 73.6 Å². The molecule has 68 valence electrons. The lowest BCUT2D eigenvalue weighted by Gasteiger charge is -2.22. The first-order chi connectivity index (χ1) is 5.40. The van der Waals surface area contributed by atoms with Crippen molar-refractivity contribution in [3.8, 4) is 0 Å². The summed E-state index contributed by atoms with van der Waals surface area (Å²) in [4.78, 5) is 11.5. The molecular formula is C10H16O2. The van der Waals surface area contributed by atoms with Crippen LogP contribution in [0.5, 0.6) is 0 Å². The van der Waals surface area contributed by atoms with Gasteiger partial charge in [0.1, 0.15) is 5.60 Å². The number of rotatable bonds is 2. The molecule has 1 saturated carbocycles. The molecule has 0 saturated heterocycles. The topological polar surface area (TPSA) is 26.3 Å². The second-order valence-electron chi connectivity index (χ2n) is 4.36. The first-order valence-corrected chi connectivity index (χ1v) is 4.27. The van der Waals surface area contributed by atoms with Crippen LogP contribution in [0.1, 0.15) is 33.6 Å². The fourth-order valence-corrected chi connectivity index (χ4v) is 1.01. The molecule has 12 heavy (non-hydrogen) atoms. The van der Waals surface area contributed by atoms with Crippen LogP contribution in [0.25, 0.3) is 0 Å². The quantitative estimate of drug-likeness (QED) is 0.467. The van der Waals surface area contributed by atoms with Gasteiger partial charge in [-0.25, -0.2) is 0 Å². The summed E-state index contributed by atoms with van der Waals surface area (Å²) in [5.41, 5.74) is -0.719. The smallest absolute Gasteiger partial charge is 0.316 e. The number of esters is 1. The Morgan fingerprint density at radius 2 is 2.00 bits per heavy atom. The van der Waals surface area contributed by atoms with Crippen molar-refractivity contribution in [1.82, 2.24) is 0 Å². The van der Waals surface area contributed by atoms with Gasteiger partial charge in [-0.05, 0) is 33.6 Å². The molecule has 2 nitrogen and oxygen atoms in total. The molecule has 0 radical (unpaired) electrons. The average Bonchev–Trinajstić information content (AvgIpc) is 2.62. The van der Waals surface area contributed by atoms with Crippen LogP contribution in [-0.4, -0.2) is 11.6 Å². The Hall–Kier alpha value is -0.790. The third kappa shape index (κ3) is 1.87. The highest BCUT2D eigenvalue weighted by Crippen LogP contribution is 2.48. The molecule has 0 atom stereocenters. The predicted molar refractivity (Wildman–Crippen MR) is 47.7 cm³/mol. The van der Waals surface area contributed by atoms with E-state index in [-0.39, 0.29) is 17.0 Å². The molecule has 0 aromatic carbocycles. The molecule has 1 fully saturated rings. The van der Waals surface area contributed by atoms with E-state index in [1.54, 1.807) is 6.08 Å². The summed E-state index contributed by atoms with van der Waals surface area (Å²) in [6.07, 6.45) is 3.50. The zero-order valence-corrected chi connectivity index (χ0v) is 8.02. The summed E-state index contributed by atoms with van der Waals surface area (Å²) >= 11 is 0. The van der Waals surface area contributed by atoms with E-state index < -0.39 is 0 Å². The minimum Gasteiger partial charge on any atom is -0.459 e. The van der Waals surface area contributed by atoms with E-state index >= 15 is 0 Å². The van der Waals surface area contributed by atoms with E-state index in [0.29, 0.717) is 0 Å². The lowest BCUT2D eigenvalue weighted by Crippen LogP contribution is -2.28. The van der Waals surface area contributed by atoms with Crippen molar-refractivity contribution in [3.05, 3.63) is 12.7 Å². The van der Waals surface area contributed by atoms with Crippen LogP contribution < -0.4 is 0 Å². The normalized spacial score (nSPS) is 19.9. The lowest BCUT2D eigenvalue weighted by atomic mass is 10.1. The number of hydrogen-bond acceptors (Lipinski definition) is 2. The molecule has 0 bridgehead atoms. The molecule has 0 aromatic heterocycles. The van der Waals surface area contributed by atoms with Gasteiger partial charge >= 0.3 is 5.97 Å². The average molecular weight is 168 g/mol. The first kappa shape index (κ1) is 9.30. The molecule has 0 N–H and O–H groups in total. The monoisotopic (exact) mass is 168 g/mol. The maximum absolute atomic E-state index is 11.5. The summed E-state index contributed by atoms with van der Waals surface area (Å²) in [6, 6.07) is 0. The molecule has 1 aliphatic rings. The Bertz CT molecular complexity index is 206. The Kier molecular flexibility index (Phi) is 2.02. The summed E-state index contributed by atoms with van der Waals surface area (Å²) in [6.45, 7) is 9.28. The summed E-state index contributed by atoms with van der Waals surface area (Å²) < 4.78 is 5.25. The number of carbonyl (C=O) groups is 1. The van der Waals surface area contributed by atoms with Gasteiger partial charge in [-0.1, -0.05) is 6.08 Å². The van der Waals surface area contributed by atoms with Crippen LogP contribution >= 0.6 is 0 Å². The standard InChI is InChI=1S/C10H16O2/c1-5-10(6-7-10)8(11)12-9(2,3)4/h5H,1,6-7H2,2-4H3. The van der Waals surface area contributed by atoms with Crippen molar-refractivity contribution < 1.29 is 9.53 Å². The van der Waals surface area contributed by atoms with Gasteiger partial charge in [0.15, 0.2) is 0 Å². The summed E-state index contributed by atoms with van der Waals surface area (Å²) in [5, 5.41) is 0. The zero-order valence-electron chi connectivity index (χ0n) is 8.02. The van der Waals surface area contributed by atoms with E-state index in [9.17, 15) is 4.79 Å². The van der Waals surface area contributed by atoms with Gasteiger partial charge in [0.2, 0.25) is 0 Å². The molecule has 2 heteroatoms. The summed E-state index contributed by atoms with van der Waals surface area (Å²) in [7, 11) is 0. The van der Waals surface area contributed by atoms with Gasteiger partial charge in [-0.3, -0.25) is 4.79 Å². The molecule has 0 heterocycles. The highest BCUT2D eigenvalue weighted by molar-refractivity contribution is 5.82. The number of ether oxygens (including phenoxy) is 1. The highest BCUT2D eigenvalue weighted by atomic mass is 16.6. The van der Waals surface area contributed by atoms with E-state index in [2.05, 4.69) is 6.58 Å². The van der Waals surface area contributed by atoms with Crippen molar-refractivity contribution in [2.75, 3.05) is 0 Å². The van der Waals surface area contributed by atoms with Crippen LogP contribution in [-0.2, 0) is 9.53 Å². The van der Waals surface area contributed by atoms with E-state index in [1.165, 1.54) is 0 Å². The molecular weight excluding hydrogens is 152 g/mol. The fraction of sp³-hybridized carbons (Fsp3) is 0.700. The van der Waals surface area contributed by atoms with Gasteiger partial charge in [-0.15, -0.1) is 6.58 Å².